The lowest BCUT2D eigenvalue weighted by molar-refractivity contribution is 0.0821. The van der Waals surface area contributed by atoms with Gasteiger partial charge in [0, 0.05) is 37.0 Å². The summed E-state index contributed by atoms with van der Waals surface area (Å²) >= 11 is 0. The topological polar surface area (TPSA) is 62.5 Å². The van der Waals surface area contributed by atoms with Gasteiger partial charge >= 0.3 is 0 Å². The molecule has 0 unspecified atom stereocenters. The summed E-state index contributed by atoms with van der Waals surface area (Å²) in [6, 6.07) is 18.4. The maximum atomic E-state index is 9.67. The summed E-state index contributed by atoms with van der Waals surface area (Å²) in [7, 11) is 0. The second kappa shape index (κ2) is 11.5. The van der Waals surface area contributed by atoms with Gasteiger partial charge in [0.15, 0.2) is 0 Å². The Morgan fingerprint density at radius 3 is 2.48 bits per heavy atom. The molecule has 0 radical (unpaired) electrons. The Hall–Kier alpha value is -2.67. The summed E-state index contributed by atoms with van der Waals surface area (Å²) in [6.07, 6.45) is 5.07. The normalized spacial score (nSPS) is 15.3. The largest absolute Gasteiger partial charge is 0.491 e. The average molecular weight is 449 g/mol. The third kappa shape index (κ3) is 6.67. The first kappa shape index (κ1) is 23.5. The molecule has 0 aliphatic carbocycles. The van der Waals surface area contributed by atoms with Crippen LogP contribution in [0.15, 0.2) is 60.8 Å². The molecule has 0 spiro atoms. The number of para-hydroxylation sites is 1. The molecule has 1 fully saturated rings. The van der Waals surface area contributed by atoms with Crippen molar-refractivity contribution in [1.82, 2.24) is 20.0 Å². The van der Waals surface area contributed by atoms with Crippen LogP contribution in [0.5, 0.6) is 5.75 Å². The first-order valence-electron chi connectivity index (χ1n) is 12.1. The molecule has 1 aromatic heterocycles. The molecule has 6 nitrogen and oxygen atoms in total. The predicted molar refractivity (Wildman–Crippen MR) is 133 cm³/mol. The van der Waals surface area contributed by atoms with E-state index in [2.05, 4.69) is 40.7 Å². The molecule has 2 heterocycles. The summed E-state index contributed by atoms with van der Waals surface area (Å²) in [4.78, 5) is 2.45. The zero-order valence-corrected chi connectivity index (χ0v) is 19.8. The van der Waals surface area contributed by atoms with Gasteiger partial charge in [-0.15, -0.1) is 0 Å². The van der Waals surface area contributed by atoms with Gasteiger partial charge in [-0.1, -0.05) is 18.2 Å². The minimum atomic E-state index is -0.107. The molecule has 0 saturated carbocycles. The molecule has 6 heteroatoms. The Morgan fingerprint density at radius 2 is 1.79 bits per heavy atom. The summed E-state index contributed by atoms with van der Waals surface area (Å²) in [6.45, 7) is 8.88. The van der Waals surface area contributed by atoms with Crippen LogP contribution in [0.4, 0.5) is 0 Å². The van der Waals surface area contributed by atoms with Crippen molar-refractivity contribution < 1.29 is 9.84 Å². The van der Waals surface area contributed by atoms with Crippen molar-refractivity contribution >= 4 is 0 Å². The van der Waals surface area contributed by atoms with Gasteiger partial charge in [-0.3, -0.25) is 0 Å². The van der Waals surface area contributed by atoms with Gasteiger partial charge in [-0.05, 0) is 82.6 Å². The van der Waals surface area contributed by atoms with E-state index in [9.17, 15) is 5.11 Å². The van der Waals surface area contributed by atoms with Crippen LogP contribution < -0.4 is 10.1 Å². The maximum absolute atomic E-state index is 9.67. The second-order valence-corrected chi connectivity index (χ2v) is 9.08. The van der Waals surface area contributed by atoms with Gasteiger partial charge < -0.3 is 20.1 Å². The predicted octanol–water partition coefficient (Wildman–Crippen LogP) is 4.26. The van der Waals surface area contributed by atoms with Gasteiger partial charge in [0.05, 0.1) is 23.6 Å². The van der Waals surface area contributed by atoms with E-state index in [-0.39, 0.29) is 12.2 Å². The van der Waals surface area contributed by atoms with Crippen LogP contribution in [0.3, 0.4) is 0 Å². The summed E-state index contributed by atoms with van der Waals surface area (Å²) in [5.41, 5.74) is 4.31. The number of benzene rings is 2. The summed E-state index contributed by atoms with van der Waals surface area (Å²) in [5, 5.41) is 18.2. The molecule has 176 valence electrons. The van der Waals surface area contributed by atoms with Crippen LogP contribution in [0.1, 0.15) is 38.7 Å². The number of piperidine rings is 1. The highest BCUT2D eigenvalue weighted by molar-refractivity contribution is 5.64. The number of hydrogen-bond donors (Lipinski definition) is 2. The monoisotopic (exact) mass is 448 g/mol. The van der Waals surface area contributed by atoms with Crippen molar-refractivity contribution in [1.29, 1.82) is 0 Å². The molecule has 0 amide bonds. The van der Waals surface area contributed by atoms with Crippen molar-refractivity contribution in [2.24, 2.45) is 0 Å². The lowest BCUT2D eigenvalue weighted by Crippen LogP contribution is -2.37. The van der Waals surface area contributed by atoms with Gasteiger partial charge in [-0.2, -0.15) is 5.10 Å². The van der Waals surface area contributed by atoms with Gasteiger partial charge in [0.25, 0.3) is 0 Å². The van der Waals surface area contributed by atoms with Crippen LogP contribution >= 0.6 is 0 Å². The smallest absolute Gasteiger partial charge is 0.119 e. The van der Waals surface area contributed by atoms with Crippen molar-refractivity contribution in [3.63, 3.8) is 0 Å². The third-order valence-electron chi connectivity index (χ3n) is 6.01. The lowest BCUT2D eigenvalue weighted by Gasteiger charge is -2.29. The van der Waals surface area contributed by atoms with Crippen LogP contribution in [0.2, 0.25) is 0 Å². The minimum Gasteiger partial charge on any atom is -0.491 e. The van der Waals surface area contributed by atoms with E-state index in [1.165, 1.54) is 5.56 Å². The molecule has 0 bridgehead atoms. The SMILES string of the molecule is CC(C)Oc1ccc(-c2nn(-c3ccccc3)cc2CNCCCN2CCC(O)CC2)cc1. The molecule has 33 heavy (non-hydrogen) atoms. The zero-order valence-electron chi connectivity index (χ0n) is 19.8. The maximum Gasteiger partial charge on any atom is 0.119 e. The van der Waals surface area contributed by atoms with Crippen LogP contribution in [0.25, 0.3) is 16.9 Å². The Labute approximate surface area is 197 Å². The van der Waals surface area contributed by atoms with Crippen molar-refractivity contribution in [2.45, 2.75) is 51.9 Å². The molecule has 2 N–H and O–H groups in total. The van der Waals surface area contributed by atoms with Crippen molar-refractivity contribution in [3.05, 3.63) is 66.4 Å². The highest BCUT2D eigenvalue weighted by Gasteiger charge is 2.16. The highest BCUT2D eigenvalue weighted by atomic mass is 16.5. The third-order valence-corrected chi connectivity index (χ3v) is 6.01. The fraction of sp³-hybridized carbons (Fsp3) is 0.444. The van der Waals surface area contributed by atoms with E-state index in [1.807, 2.05) is 48.9 Å². The van der Waals surface area contributed by atoms with Crippen molar-refractivity contribution in [2.75, 3.05) is 26.2 Å². The molecule has 1 aliphatic heterocycles. The van der Waals surface area contributed by atoms with E-state index in [0.29, 0.717) is 0 Å². The Morgan fingerprint density at radius 1 is 1.06 bits per heavy atom. The van der Waals surface area contributed by atoms with Crippen molar-refractivity contribution in [3.8, 4) is 22.7 Å². The van der Waals surface area contributed by atoms with E-state index >= 15 is 0 Å². The molecular weight excluding hydrogens is 412 g/mol. The first-order valence-corrected chi connectivity index (χ1v) is 12.1. The number of nitrogens with one attached hydrogen (secondary N) is 1. The van der Waals surface area contributed by atoms with Crippen LogP contribution in [0, 0.1) is 0 Å². The Balaban J connectivity index is 1.41. The van der Waals surface area contributed by atoms with E-state index in [0.717, 1.165) is 74.7 Å². The van der Waals surface area contributed by atoms with Crippen LogP contribution in [-0.4, -0.2) is 58.2 Å². The van der Waals surface area contributed by atoms with Gasteiger partial charge in [0.1, 0.15) is 5.75 Å². The van der Waals surface area contributed by atoms with Gasteiger partial charge in [0.2, 0.25) is 0 Å². The number of aromatic nitrogens is 2. The number of nitrogens with zero attached hydrogens (tertiary/aromatic N) is 3. The number of hydrogen-bond acceptors (Lipinski definition) is 5. The summed E-state index contributed by atoms with van der Waals surface area (Å²) in [5.74, 6) is 0.876. The number of likely N-dealkylation sites (tertiary alicyclic amines) is 1. The molecule has 3 aromatic rings. The molecule has 2 aromatic carbocycles. The Bertz CT molecular complexity index is 977. The highest BCUT2D eigenvalue weighted by Crippen LogP contribution is 2.26. The number of rotatable bonds is 10. The van der Waals surface area contributed by atoms with E-state index < -0.39 is 0 Å². The van der Waals surface area contributed by atoms with E-state index in [1.54, 1.807) is 0 Å². The Kier molecular flexibility index (Phi) is 8.15. The van der Waals surface area contributed by atoms with Gasteiger partial charge in [-0.25, -0.2) is 4.68 Å². The number of aliphatic hydroxyl groups is 1. The van der Waals surface area contributed by atoms with Crippen LogP contribution in [-0.2, 0) is 6.54 Å². The lowest BCUT2D eigenvalue weighted by atomic mass is 10.1. The standard InChI is InChI=1S/C27H36N4O2/c1-21(2)33-26-11-9-22(10-12-26)27-23(20-31(29-27)24-7-4-3-5-8-24)19-28-15-6-16-30-17-13-25(32)14-18-30/h3-5,7-12,20-21,25,28,32H,6,13-19H2,1-2H3. The molecule has 4 rings (SSSR count). The first-order chi connectivity index (χ1) is 16.1. The summed E-state index contributed by atoms with van der Waals surface area (Å²) < 4.78 is 7.76. The number of ether oxygens (including phenoxy) is 1. The second-order valence-electron chi connectivity index (χ2n) is 9.08. The quantitative estimate of drug-likeness (QED) is 0.454. The average Bonchev–Trinajstić information content (AvgIpc) is 3.25. The molecule has 1 saturated heterocycles. The molecular formula is C27H36N4O2. The fourth-order valence-electron chi connectivity index (χ4n) is 4.25. The number of aliphatic hydroxyl groups excluding tert-OH is 1. The molecule has 0 atom stereocenters. The minimum absolute atomic E-state index is 0.107. The van der Waals surface area contributed by atoms with E-state index in [4.69, 9.17) is 9.84 Å². The zero-order chi connectivity index (χ0) is 23.0. The fourth-order valence-corrected chi connectivity index (χ4v) is 4.25. The molecule has 1 aliphatic rings.